The molecule has 1 aliphatic rings. The molecular weight excluding hydrogens is 368 g/mol. The average Bonchev–Trinajstić information content (AvgIpc) is 2.61. The van der Waals surface area contributed by atoms with Gasteiger partial charge < -0.3 is 0 Å². The maximum atomic E-state index is 4.99. The minimum absolute atomic E-state index is 0.348. The van der Waals surface area contributed by atoms with Crippen molar-refractivity contribution in [3.05, 3.63) is 84.4 Å². The monoisotopic (exact) mass is 387 g/mol. The zero-order valence-corrected chi connectivity index (χ0v) is 15.3. The molecule has 0 unspecified atom stereocenters. The summed E-state index contributed by atoms with van der Waals surface area (Å²) in [5, 5.41) is 2.31. The zero-order valence-electron chi connectivity index (χ0n) is 12.9. The molecule has 0 spiro atoms. The molecule has 2 nitrogen and oxygen atoms in total. The van der Waals surface area contributed by atoms with Gasteiger partial charge in [0.1, 0.15) is 6.04 Å². The number of rotatable bonds is 5. The van der Waals surface area contributed by atoms with Crippen LogP contribution in [0, 0.1) is 0 Å². The first-order valence-corrected chi connectivity index (χ1v) is 9.47. The summed E-state index contributed by atoms with van der Waals surface area (Å²) in [6, 6.07) is 21.5. The Balaban J connectivity index is 1.95. The van der Waals surface area contributed by atoms with Gasteiger partial charge in [0.15, 0.2) is 0 Å². The van der Waals surface area contributed by atoms with Crippen LogP contribution in [0.15, 0.2) is 78.3 Å². The van der Waals surface area contributed by atoms with Crippen LogP contribution in [0.5, 0.6) is 0 Å². The topological polar surface area (TPSA) is 29.0 Å². The Bertz CT molecular complexity index is 687. The van der Waals surface area contributed by atoms with Gasteiger partial charge >= 0.3 is 0 Å². The second kappa shape index (κ2) is 7.47. The van der Waals surface area contributed by atoms with Crippen LogP contribution in [-0.2, 0) is 0 Å². The van der Waals surface area contributed by atoms with Crippen LogP contribution in [0.4, 0.5) is 0 Å². The van der Waals surface area contributed by atoms with Gasteiger partial charge in [-0.05, 0) is 5.56 Å². The maximum absolute atomic E-state index is 4.99. The molecule has 0 aromatic heterocycles. The number of hydrogen-bond acceptors (Lipinski definition) is 2. The first kappa shape index (κ1) is 16.5. The largest absolute Gasteiger partial charge is 0.298 e. The molecule has 4 heteroatoms. The van der Waals surface area contributed by atoms with Crippen LogP contribution < -0.4 is 5.32 Å². The summed E-state index contributed by atoms with van der Waals surface area (Å²) in [6.07, 6.45) is 2.85. The van der Waals surface area contributed by atoms with E-state index < -0.39 is 3.90 Å². The molecule has 1 aliphatic heterocycles. The number of aliphatic imine (C=N–C) groups is 1. The first-order valence-electron chi connectivity index (χ1n) is 7.69. The number of halogens is 1. The van der Waals surface area contributed by atoms with Gasteiger partial charge in [0.05, 0.1) is 5.71 Å². The van der Waals surface area contributed by atoms with E-state index in [2.05, 4.69) is 82.4 Å². The van der Waals surface area contributed by atoms with Gasteiger partial charge in [0.25, 0.3) is 3.90 Å². The second-order valence-electron chi connectivity index (χ2n) is 5.52. The normalized spacial score (nSPS) is 24.0. The van der Waals surface area contributed by atoms with Gasteiger partial charge in [0.2, 0.25) is 0 Å². The number of hydrogen-bond donors (Lipinski definition) is 1. The van der Waals surface area contributed by atoms with Crippen molar-refractivity contribution in [2.24, 2.45) is 4.99 Å². The van der Waals surface area contributed by atoms with Gasteiger partial charge in [0, 0.05) is 33.7 Å². The SMILES string of the molecule is C=CCS[C@]1(Br)N=C(c2ccccc2)C[C@@H](c2ccccc2)[NH2+]1. The summed E-state index contributed by atoms with van der Waals surface area (Å²) in [5.41, 5.74) is 3.68. The number of quaternary nitrogens is 1. The van der Waals surface area contributed by atoms with Crippen LogP contribution in [0.25, 0.3) is 0 Å². The Hall–Kier alpha value is -1.36. The van der Waals surface area contributed by atoms with Crippen LogP contribution in [0.1, 0.15) is 23.6 Å². The molecule has 0 aliphatic carbocycles. The summed E-state index contributed by atoms with van der Waals surface area (Å²) in [6.45, 7) is 3.83. The molecule has 0 amide bonds. The standard InChI is InChI=1S/C19H19BrN2S/c1-2-13-23-19(20)21-17(15-9-5-3-6-10-15)14-18(22-19)16-11-7-4-8-12-16/h2-12,17,21H,1,13-14H2/p+1/t17-,19-/m0/s1. The Kier molecular flexibility index (Phi) is 5.36. The van der Waals surface area contributed by atoms with E-state index in [1.807, 2.05) is 12.1 Å². The predicted molar refractivity (Wildman–Crippen MR) is 103 cm³/mol. The fourth-order valence-electron chi connectivity index (χ4n) is 2.77. The highest BCUT2D eigenvalue weighted by molar-refractivity contribution is 9.11. The Morgan fingerprint density at radius 3 is 2.48 bits per heavy atom. The fourth-order valence-corrected chi connectivity index (χ4v) is 4.48. The Morgan fingerprint density at radius 2 is 1.83 bits per heavy atom. The average molecular weight is 388 g/mol. The number of nitrogens with two attached hydrogens (primary N) is 1. The van der Waals surface area contributed by atoms with Crippen molar-refractivity contribution in [2.45, 2.75) is 16.4 Å². The van der Waals surface area contributed by atoms with Gasteiger partial charge in [-0.15, -0.1) is 6.58 Å². The van der Waals surface area contributed by atoms with E-state index in [1.54, 1.807) is 11.8 Å². The summed E-state index contributed by atoms with van der Waals surface area (Å²) in [5.74, 6) is 0.856. The smallest absolute Gasteiger partial charge is 0.294 e. The number of thioether (sulfide) groups is 1. The van der Waals surface area contributed by atoms with Crippen LogP contribution >= 0.6 is 27.7 Å². The molecular formula is C19H20BrN2S+. The molecule has 3 rings (SSSR count). The van der Waals surface area contributed by atoms with Crippen LogP contribution in [0.2, 0.25) is 0 Å². The zero-order chi connectivity index (χ0) is 16.1. The van der Waals surface area contributed by atoms with E-state index in [1.165, 1.54) is 11.1 Å². The third-order valence-electron chi connectivity index (χ3n) is 3.85. The lowest BCUT2D eigenvalue weighted by Crippen LogP contribution is -2.95. The molecule has 23 heavy (non-hydrogen) atoms. The van der Waals surface area contributed by atoms with E-state index in [-0.39, 0.29) is 0 Å². The first-order chi connectivity index (χ1) is 11.2. The molecule has 2 N–H and O–H groups in total. The quantitative estimate of drug-likeness (QED) is 0.466. The van der Waals surface area contributed by atoms with Crippen molar-refractivity contribution in [1.82, 2.24) is 0 Å². The third-order valence-corrected chi connectivity index (χ3v) is 6.01. The van der Waals surface area contributed by atoms with E-state index in [9.17, 15) is 0 Å². The number of benzene rings is 2. The molecule has 1 heterocycles. The van der Waals surface area contributed by atoms with Gasteiger partial charge in [-0.1, -0.05) is 78.5 Å². The molecule has 118 valence electrons. The molecule has 0 fully saturated rings. The highest BCUT2D eigenvalue weighted by atomic mass is 79.9. The minimum Gasteiger partial charge on any atom is -0.298 e. The summed E-state index contributed by atoms with van der Waals surface area (Å²) >= 11 is 5.60. The van der Waals surface area contributed by atoms with Crippen molar-refractivity contribution < 1.29 is 5.32 Å². The molecule has 0 saturated carbocycles. The lowest BCUT2D eigenvalue weighted by molar-refractivity contribution is -0.717. The van der Waals surface area contributed by atoms with E-state index >= 15 is 0 Å². The van der Waals surface area contributed by atoms with E-state index in [0.717, 1.165) is 17.9 Å². The molecule has 0 saturated heterocycles. The van der Waals surface area contributed by atoms with Crippen molar-refractivity contribution in [3.63, 3.8) is 0 Å². The number of nitrogens with zero attached hydrogens (tertiary/aromatic N) is 1. The fraction of sp³-hybridized carbons (Fsp3) is 0.211. The van der Waals surface area contributed by atoms with Crippen LogP contribution in [0.3, 0.4) is 0 Å². The molecule has 0 bridgehead atoms. The molecule has 0 radical (unpaired) electrons. The van der Waals surface area contributed by atoms with Crippen molar-refractivity contribution >= 4 is 33.4 Å². The molecule has 2 aromatic carbocycles. The van der Waals surface area contributed by atoms with Crippen molar-refractivity contribution in [3.8, 4) is 0 Å². The Morgan fingerprint density at radius 1 is 1.17 bits per heavy atom. The summed E-state index contributed by atoms with van der Waals surface area (Å²) < 4.78 is -0.398. The van der Waals surface area contributed by atoms with E-state index in [0.29, 0.717) is 6.04 Å². The molecule has 2 atom stereocenters. The summed E-state index contributed by atoms with van der Waals surface area (Å²) in [4.78, 5) is 4.99. The van der Waals surface area contributed by atoms with Crippen molar-refractivity contribution in [2.75, 3.05) is 5.75 Å². The minimum atomic E-state index is -0.398. The van der Waals surface area contributed by atoms with Gasteiger partial charge in [-0.3, -0.25) is 5.32 Å². The van der Waals surface area contributed by atoms with Crippen LogP contribution in [-0.4, -0.2) is 15.4 Å². The van der Waals surface area contributed by atoms with Gasteiger partial charge in [-0.25, -0.2) is 4.99 Å². The lowest BCUT2D eigenvalue weighted by atomic mass is 9.96. The number of alkyl halides is 1. The highest BCUT2D eigenvalue weighted by Crippen LogP contribution is 2.33. The van der Waals surface area contributed by atoms with Gasteiger partial charge in [-0.2, -0.15) is 0 Å². The second-order valence-corrected chi connectivity index (χ2v) is 8.50. The maximum Gasteiger partial charge on any atom is 0.294 e. The molecule has 2 aromatic rings. The Labute approximate surface area is 150 Å². The summed E-state index contributed by atoms with van der Waals surface area (Å²) in [7, 11) is 0. The van der Waals surface area contributed by atoms with E-state index in [4.69, 9.17) is 4.99 Å². The highest BCUT2D eigenvalue weighted by Gasteiger charge is 2.39. The predicted octanol–water partition coefficient (Wildman–Crippen LogP) is 4.11. The third kappa shape index (κ3) is 4.14. The van der Waals surface area contributed by atoms with Crippen molar-refractivity contribution in [1.29, 1.82) is 0 Å². The lowest BCUT2D eigenvalue weighted by Gasteiger charge is -2.32.